The number of aromatic nitrogens is 2. The summed E-state index contributed by atoms with van der Waals surface area (Å²) in [6.07, 6.45) is -0.0173. The summed E-state index contributed by atoms with van der Waals surface area (Å²) in [6, 6.07) is 5.75. The van der Waals surface area contributed by atoms with Gasteiger partial charge in [0.05, 0.1) is 7.11 Å². The predicted octanol–water partition coefficient (Wildman–Crippen LogP) is 2.52. The molecule has 0 radical (unpaired) electrons. The predicted molar refractivity (Wildman–Crippen MR) is 67.9 cm³/mol. The van der Waals surface area contributed by atoms with Crippen molar-refractivity contribution in [1.82, 2.24) is 10.1 Å². The minimum absolute atomic E-state index is 0.0173. The highest BCUT2D eigenvalue weighted by Gasteiger charge is 2.13. The van der Waals surface area contributed by atoms with Crippen molar-refractivity contribution in [3.8, 4) is 11.4 Å². The third-order valence-corrected chi connectivity index (χ3v) is 3.28. The maximum absolute atomic E-state index is 11.1. The molecule has 0 bridgehead atoms. The maximum Gasteiger partial charge on any atom is 0.315 e. The minimum Gasteiger partial charge on any atom is -0.469 e. The van der Waals surface area contributed by atoms with Crippen LogP contribution >= 0.6 is 15.9 Å². The van der Waals surface area contributed by atoms with Gasteiger partial charge in [-0.25, -0.2) is 0 Å². The van der Waals surface area contributed by atoms with Gasteiger partial charge in [-0.1, -0.05) is 33.2 Å². The number of carbonyl (C=O) groups is 1. The van der Waals surface area contributed by atoms with Gasteiger partial charge in [-0.15, -0.1) is 0 Å². The number of hydrogen-bond acceptors (Lipinski definition) is 5. The van der Waals surface area contributed by atoms with Gasteiger partial charge in [-0.2, -0.15) is 4.98 Å². The maximum atomic E-state index is 11.1. The highest BCUT2D eigenvalue weighted by Crippen LogP contribution is 2.23. The Kier molecular flexibility index (Phi) is 3.76. The minimum atomic E-state index is -0.407. The molecule has 5 nitrogen and oxygen atoms in total. The molecule has 0 saturated carbocycles. The van der Waals surface area contributed by atoms with Crippen LogP contribution in [0.2, 0.25) is 0 Å². The molecule has 0 fully saturated rings. The quantitative estimate of drug-likeness (QED) is 0.815. The summed E-state index contributed by atoms with van der Waals surface area (Å²) in [5.74, 6) is 0.290. The second kappa shape index (κ2) is 5.30. The number of esters is 1. The molecule has 1 heterocycles. The average molecular weight is 311 g/mol. The Morgan fingerprint density at radius 1 is 1.50 bits per heavy atom. The number of hydrogen-bond donors (Lipinski definition) is 0. The van der Waals surface area contributed by atoms with Crippen molar-refractivity contribution in [1.29, 1.82) is 0 Å². The second-order valence-electron chi connectivity index (χ2n) is 3.73. The summed E-state index contributed by atoms with van der Waals surface area (Å²) in [5, 5.41) is 3.83. The molecule has 0 aliphatic carbocycles. The first-order valence-electron chi connectivity index (χ1n) is 5.26. The zero-order valence-corrected chi connectivity index (χ0v) is 11.5. The topological polar surface area (TPSA) is 65.2 Å². The molecule has 18 heavy (non-hydrogen) atoms. The fourth-order valence-corrected chi connectivity index (χ4v) is 1.75. The van der Waals surface area contributed by atoms with Gasteiger partial charge in [0.2, 0.25) is 11.7 Å². The summed E-state index contributed by atoms with van der Waals surface area (Å²) in [7, 11) is 1.32. The molecule has 1 aromatic carbocycles. The van der Waals surface area contributed by atoms with Gasteiger partial charge in [0.25, 0.3) is 0 Å². The first-order chi connectivity index (χ1) is 8.60. The van der Waals surface area contributed by atoms with Gasteiger partial charge in [-0.05, 0) is 18.6 Å². The summed E-state index contributed by atoms with van der Waals surface area (Å²) >= 11 is 3.44. The second-order valence-corrected chi connectivity index (χ2v) is 4.58. The molecule has 94 valence electrons. The van der Waals surface area contributed by atoms with Crippen molar-refractivity contribution >= 4 is 21.9 Å². The van der Waals surface area contributed by atoms with Gasteiger partial charge in [-0.3, -0.25) is 4.79 Å². The van der Waals surface area contributed by atoms with E-state index in [1.807, 2.05) is 25.1 Å². The Morgan fingerprint density at radius 2 is 2.28 bits per heavy atom. The lowest BCUT2D eigenvalue weighted by Crippen LogP contribution is -2.04. The first-order valence-corrected chi connectivity index (χ1v) is 6.05. The van der Waals surface area contributed by atoms with E-state index < -0.39 is 5.97 Å². The van der Waals surface area contributed by atoms with E-state index in [9.17, 15) is 4.79 Å². The van der Waals surface area contributed by atoms with Crippen molar-refractivity contribution in [3.05, 3.63) is 34.1 Å². The highest BCUT2D eigenvalue weighted by molar-refractivity contribution is 9.10. The lowest BCUT2D eigenvalue weighted by Gasteiger charge is -1.99. The Balaban J connectivity index is 2.23. The number of carbonyl (C=O) groups excluding carboxylic acids is 1. The first kappa shape index (κ1) is 12.8. The molecule has 1 aromatic heterocycles. The van der Waals surface area contributed by atoms with Crippen LogP contribution in [0.3, 0.4) is 0 Å². The zero-order valence-electron chi connectivity index (χ0n) is 9.94. The van der Waals surface area contributed by atoms with E-state index in [0.717, 1.165) is 15.6 Å². The monoisotopic (exact) mass is 310 g/mol. The van der Waals surface area contributed by atoms with E-state index >= 15 is 0 Å². The number of nitrogens with zero attached hydrogens (tertiary/aromatic N) is 2. The number of aryl methyl sites for hydroxylation is 1. The number of methoxy groups -OCH3 is 1. The van der Waals surface area contributed by atoms with E-state index in [2.05, 4.69) is 30.8 Å². The fraction of sp³-hybridized carbons (Fsp3) is 0.250. The van der Waals surface area contributed by atoms with Crippen LogP contribution in [0.25, 0.3) is 11.4 Å². The molecule has 2 rings (SSSR count). The van der Waals surface area contributed by atoms with E-state index in [1.54, 1.807) is 0 Å². The SMILES string of the molecule is COC(=O)Cc1nc(-c2ccc(C)c(Br)c2)no1. The Morgan fingerprint density at radius 3 is 2.94 bits per heavy atom. The largest absolute Gasteiger partial charge is 0.469 e. The molecule has 0 N–H and O–H groups in total. The normalized spacial score (nSPS) is 10.4. The van der Waals surface area contributed by atoms with Crippen LogP contribution in [0, 0.1) is 6.92 Å². The molecular formula is C12H11BrN2O3. The average Bonchev–Trinajstić information content (AvgIpc) is 2.81. The summed E-state index contributed by atoms with van der Waals surface area (Å²) < 4.78 is 10.5. The fourth-order valence-electron chi connectivity index (χ4n) is 1.37. The standard InChI is InChI=1S/C12H11BrN2O3/c1-7-3-4-8(5-9(7)13)12-14-10(18-15-12)6-11(16)17-2/h3-5H,6H2,1-2H3. The molecule has 0 spiro atoms. The third kappa shape index (κ3) is 2.76. The van der Waals surface area contributed by atoms with Crippen LogP contribution in [-0.4, -0.2) is 23.2 Å². The molecule has 6 heteroatoms. The number of rotatable bonds is 3. The molecule has 2 aromatic rings. The van der Waals surface area contributed by atoms with Gasteiger partial charge < -0.3 is 9.26 Å². The molecule has 0 unspecified atom stereocenters. The Hall–Kier alpha value is -1.69. The number of halogens is 1. The smallest absolute Gasteiger partial charge is 0.315 e. The number of benzene rings is 1. The van der Waals surface area contributed by atoms with Crippen molar-refractivity contribution < 1.29 is 14.1 Å². The van der Waals surface area contributed by atoms with Crippen molar-refractivity contribution in [2.45, 2.75) is 13.3 Å². The van der Waals surface area contributed by atoms with Crippen LogP contribution < -0.4 is 0 Å². The van der Waals surface area contributed by atoms with Crippen molar-refractivity contribution in [3.63, 3.8) is 0 Å². The van der Waals surface area contributed by atoms with Gasteiger partial charge in [0, 0.05) is 10.0 Å². The van der Waals surface area contributed by atoms with E-state index in [4.69, 9.17) is 4.52 Å². The Labute approximate surface area is 112 Å². The lowest BCUT2D eigenvalue weighted by atomic mass is 10.1. The van der Waals surface area contributed by atoms with Crippen LogP contribution in [-0.2, 0) is 16.0 Å². The molecule has 0 aliphatic heterocycles. The van der Waals surface area contributed by atoms with Crippen LogP contribution in [0.5, 0.6) is 0 Å². The van der Waals surface area contributed by atoms with Crippen molar-refractivity contribution in [2.75, 3.05) is 7.11 Å². The molecular weight excluding hydrogens is 300 g/mol. The molecule has 0 saturated heterocycles. The number of ether oxygens (including phenoxy) is 1. The summed E-state index contributed by atoms with van der Waals surface area (Å²) in [6.45, 7) is 1.99. The molecule has 0 aliphatic rings. The summed E-state index contributed by atoms with van der Waals surface area (Å²) in [4.78, 5) is 15.2. The zero-order chi connectivity index (χ0) is 13.1. The van der Waals surface area contributed by atoms with Crippen LogP contribution in [0.15, 0.2) is 27.2 Å². The van der Waals surface area contributed by atoms with Crippen molar-refractivity contribution in [2.24, 2.45) is 0 Å². The lowest BCUT2D eigenvalue weighted by molar-refractivity contribution is -0.140. The molecule has 0 amide bonds. The van der Waals surface area contributed by atoms with E-state index in [0.29, 0.717) is 5.82 Å². The Bertz CT molecular complexity index is 580. The molecule has 0 atom stereocenters. The third-order valence-electron chi connectivity index (χ3n) is 2.42. The van der Waals surface area contributed by atoms with E-state index in [1.165, 1.54) is 7.11 Å². The van der Waals surface area contributed by atoms with Crippen LogP contribution in [0.4, 0.5) is 0 Å². The van der Waals surface area contributed by atoms with Gasteiger partial charge in [0.1, 0.15) is 6.42 Å². The summed E-state index contributed by atoms with van der Waals surface area (Å²) in [5.41, 5.74) is 1.95. The highest BCUT2D eigenvalue weighted by atomic mass is 79.9. The van der Waals surface area contributed by atoms with Gasteiger partial charge in [0.15, 0.2) is 0 Å². The van der Waals surface area contributed by atoms with Crippen LogP contribution in [0.1, 0.15) is 11.5 Å². The van der Waals surface area contributed by atoms with Gasteiger partial charge >= 0.3 is 5.97 Å². The van der Waals surface area contributed by atoms with E-state index in [-0.39, 0.29) is 12.3 Å².